The first-order valence-electron chi connectivity index (χ1n) is 12.0. The lowest BCUT2D eigenvalue weighted by Gasteiger charge is -2.32. The van der Waals surface area contributed by atoms with Crippen LogP contribution in [0.15, 0.2) is 77.9 Å². The molecule has 1 aliphatic heterocycles. The fourth-order valence-corrected chi connectivity index (χ4v) is 4.68. The first kappa shape index (κ1) is 22.1. The van der Waals surface area contributed by atoms with Gasteiger partial charge in [0.25, 0.3) is 11.8 Å². The van der Waals surface area contributed by atoms with Gasteiger partial charge in [-0.1, -0.05) is 60.7 Å². The minimum Gasteiger partial charge on any atom is -0.349 e. The number of piperidine rings is 1. The van der Waals surface area contributed by atoms with Crippen LogP contribution >= 0.6 is 0 Å². The summed E-state index contributed by atoms with van der Waals surface area (Å²) < 4.78 is 1.88. The lowest BCUT2D eigenvalue weighted by Crippen LogP contribution is -2.41. The normalized spacial score (nSPS) is 16.3. The van der Waals surface area contributed by atoms with E-state index in [9.17, 15) is 14.4 Å². The monoisotopic (exact) mass is 455 g/mol. The lowest BCUT2D eigenvalue weighted by atomic mass is 9.89. The topological polar surface area (TPSA) is 71.4 Å². The number of nitrogens with one attached hydrogen (secondary N) is 1. The predicted molar refractivity (Wildman–Crippen MR) is 131 cm³/mol. The molecule has 1 aromatic heterocycles. The van der Waals surface area contributed by atoms with E-state index in [0.717, 1.165) is 31.2 Å². The average Bonchev–Trinajstić information content (AvgIpc) is 3.74. The molecule has 1 N–H and O–H groups in total. The first-order chi connectivity index (χ1) is 16.6. The van der Waals surface area contributed by atoms with Crippen molar-refractivity contribution in [3.05, 3.63) is 106 Å². The van der Waals surface area contributed by atoms with E-state index in [2.05, 4.69) is 17.4 Å². The molecule has 0 bridgehead atoms. The number of pyridine rings is 1. The van der Waals surface area contributed by atoms with Gasteiger partial charge in [-0.3, -0.25) is 14.4 Å². The van der Waals surface area contributed by atoms with Gasteiger partial charge in [0.1, 0.15) is 11.1 Å². The maximum absolute atomic E-state index is 13.4. The van der Waals surface area contributed by atoms with Crippen LogP contribution in [0.4, 0.5) is 0 Å². The number of likely N-dealkylation sites (tertiary alicyclic amines) is 1. The van der Waals surface area contributed by atoms with Crippen molar-refractivity contribution in [1.82, 2.24) is 14.8 Å². The average molecular weight is 456 g/mol. The van der Waals surface area contributed by atoms with Gasteiger partial charge < -0.3 is 14.8 Å². The van der Waals surface area contributed by atoms with Gasteiger partial charge in [0.15, 0.2) is 0 Å². The largest absolute Gasteiger partial charge is 0.349 e. The van der Waals surface area contributed by atoms with Crippen LogP contribution in [-0.4, -0.2) is 34.4 Å². The minimum atomic E-state index is -0.488. The highest BCUT2D eigenvalue weighted by atomic mass is 16.2. The summed E-state index contributed by atoms with van der Waals surface area (Å²) in [6.07, 6.45) is 6.97. The molecule has 34 heavy (non-hydrogen) atoms. The van der Waals surface area contributed by atoms with E-state index in [4.69, 9.17) is 0 Å². The summed E-state index contributed by atoms with van der Waals surface area (Å²) >= 11 is 0. The molecule has 0 spiro atoms. The van der Waals surface area contributed by atoms with E-state index in [-0.39, 0.29) is 23.1 Å². The molecule has 1 saturated heterocycles. The molecule has 0 unspecified atom stereocenters. The molecular formula is C28H29N3O3. The number of amides is 2. The van der Waals surface area contributed by atoms with E-state index in [1.54, 1.807) is 17.3 Å². The number of hydrogen-bond donors (Lipinski definition) is 1. The third-order valence-electron chi connectivity index (χ3n) is 6.84. The van der Waals surface area contributed by atoms with Crippen LogP contribution in [-0.2, 0) is 6.54 Å². The quantitative estimate of drug-likeness (QED) is 0.608. The zero-order valence-corrected chi connectivity index (χ0v) is 19.2. The highest BCUT2D eigenvalue weighted by Crippen LogP contribution is 2.35. The van der Waals surface area contributed by atoms with Gasteiger partial charge in [-0.2, -0.15) is 0 Å². The molecule has 2 aromatic carbocycles. The maximum Gasteiger partial charge on any atom is 0.259 e. The van der Waals surface area contributed by atoms with E-state index in [0.29, 0.717) is 25.6 Å². The van der Waals surface area contributed by atoms with E-state index in [1.165, 1.54) is 5.56 Å². The van der Waals surface area contributed by atoms with Gasteiger partial charge >= 0.3 is 0 Å². The molecule has 0 radical (unpaired) electrons. The second-order valence-corrected chi connectivity index (χ2v) is 9.24. The molecule has 1 saturated carbocycles. The summed E-state index contributed by atoms with van der Waals surface area (Å²) in [6, 6.07) is 20.2. The Morgan fingerprint density at radius 2 is 1.44 bits per heavy atom. The molecule has 2 aliphatic rings. The zero-order chi connectivity index (χ0) is 23.5. The second-order valence-electron chi connectivity index (χ2n) is 9.24. The molecule has 0 atom stereocenters. The third kappa shape index (κ3) is 4.81. The summed E-state index contributed by atoms with van der Waals surface area (Å²) in [7, 11) is 0. The first-order valence-corrected chi connectivity index (χ1v) is 12.0. The molecule has 174 valence electrons. The molecule has 2 amide bonds. The molecular weight excluding hydrogens is 426 g/mol. The van der Waals surface area contributed by atoms with Crippen molar-refractivity contribution in [3.8, 4) is 0 Å². The van der Waals surface area contributed by atoms with Crippen LogP contribution in [0, 0.1) is 0 Å². The van der Waals surface area contributed by atoms with E-state index in [1.807, 2.05) is 53.1 Å². The number of aromatic nitrogens is 1. The fourth-order valence-electron chi connectivity index (χ4n) is 4.68. The lowest BCUT2D eigenvalue weighted by molar-refractivity contribution is 0.0710. The van der Waals surface area contributed by atoms with Crippen LogP contribution in [0.5, 0.6) is 0 Å². The van der Waals surface area contributed by atoms with Crippen molar-refractivity contribution in [3.63, 3.8) is 0 Å². The number of nitrogens with zero attached hydrogens (tertiary/aromatic N) is 2. The van der Waals surface area contributed by atoms with Gasteiger partial charge in [-0.25, -0.2) is 0 Å². The fraction of sp³-hybridized carbons (Fsp3) is 0.321. The molecule has 5 rings (SSSR count). The number of hydrogen-bond acceptors (Lipinski definition) is 3. The number of carbonyl (C=O) groups is 2. The molecule has 6 heteroatoms. The van der Waals surface area contributed by atoms with Crippen LogP contribution in [0.1, 0.15) is 69.5 Å². The Kier molecular flexibility index (Phi) is 6.30. The van der Waals surface area contributed by atoms with Gasteiger partial charge in [0, 0.05) is 38.1 Å². The van der Waals surface area contributed by atoms with Crippen LogP contribution in [0.2, 0.25) is 0 Å². The van der Waals surface area contributed by atoms with Gasteiger partial charge in [-0.05, 0) is 42.7 Å². The standard InChI is InChI=1S/C28H29N3O3/c32-26-24(27(33)29-17-20-7-3-1-4-8-20)18-31(23-11-12-23)19-25(26)28(34)30-15-13-22(14-16-30)21-9-5-2-6-10-21/h1-10,18-19,22-23H,11-17H2,(H,29,33). The number of carbonyl (C=O) groups excluding carboxylic acids is 2. The molecule has 6 nitrogen and oxygen atoms in total. The minimum absolute atomic E-state index is 0.0350. The zero-order valence-electron chi connectivity index (χ0n) is 19.2. The van der Waals surface area contributed by atoms with Crippen molar-refractivity contribution in [1.29, 1.82) is 0 Å². The summed E-state index contributed by atoms with van der Waals surface area (Å²) in [5.41, 5.74) is 1.89. The number of rotatable bonds is 6. The highest BCUT2D eigenvalue weighted by Gasteiger charge is 2.30. The summed E-state index contributed by atoms with van der Waals surface area (Å²) in [4.78, 5) is 41.4. The van der Waals surface area contributed by atoms with Crippen LogP contribution in [0.25, 0.3) is 0 Å². The Bertz CT molecular complexity index is 1220. The maximum atomic E-state index is 13.4. The second kappa shape index (κ2) is 9.67. The Labute approximate surface area is 199 Å². The van der Waals surface area contributed by atoms with Crippen molar-refractivity contribution >= 4 is 11.8 Å². The molecule has 3 aromatic rings. The Hall–Kier alpha value is -3.67. The smallest absolute Gasteiger partial charge is 0.259 e. The molecule has 2 heterocycles. The van der Waals surface area contributed by atoms with Crippen molar-refractivity contribution in [2.24, 2.45) is 0 Å². The number of benzene rings is 2. The Morgan fingerprint density at radius 3 is 2.09 bits per heavy atom. The summed E-state index contributed by atoms with van der Waals surface area (Å²) in [6.45, 7) is 1.53. The van der Waals surface area contributed by atoms with Crippen molar-refractivity contribution in [2.45, 2.75) is 44.2 Å². The molecule has 1 aliphatic carbocycles. The summed E-state index contributed by atoms with van der Waals surface area (Å²) in [5.74, 6) is -0.298. The van der Waals surface area contributed by atoms with Crippen molar-refractivity contribution < 1.29 is 9.59 Å². The van der Waals surface area contributed by atoms with Crippen LogP contribution < -0.4 is 10.7 Å². The van der Waals surface area contributed by atoms with Gasteiger partial charge in [-0.15, -0.1) is 0 Å². The Morgan fingerprint density at radius 1 is 0.824 bits per heavy atom. The Balaban J connectivity index is 1.34. The van der Waals surface area contributed by atoms with E-state index < -0.39 is 11.3 Å². The van der Waals surface area contributed by atoms with Crippen LogP contribution in [0.3, 0.4) is 0 Å². The van der Waals surface area contributed by atoms with Crippen molar-refractivity contribution in [2.75, 3.05) is 13.1 Å². The highest BCUT2D eigenvalue weighted by molar-refractivity contribution is 5.99. The molecule has 2 fully saturated rings. The predicted octanol–water partition coefficient (Wildman–Crippen LogP) is 4.13. The van der Waals surface area contributed by atoms with Gasteiger partial charge in [0.2, 0.25) is 5.43 Å². The van der Waals surface area contributed by atoms with E-state index >= 15 is 0 Å². The summed E-state index contributed by atoms with van der Waals surface area (Å²) in [5, 5.41) is 2.84. The SMILES string of the molecule is O=C(NCc1ccccc1)c1cn(C2CC2)cc(C(=O)N2CCC(c3ccccc3)CC2)c1=O. The third-order valence-corrected chi connectivity index (χ3v) is 6.84. The van der Waals surface area contributed by atoms with Gasteiger partial charge in [0.05, 0.1) is 0 Å².